The first-order chi connectivity index (χ1) is 9.70. The number of nitrogens with one attached hydrogen (secondary N) is 1. The van der Waals surface area contributed by atoms with E-state index < -0.39 is 0 Å². The molecule has 1 N–H and O–H groups in total. The van der Waals surface area contributed by atoms with Gasteiger partial charge in [-0.05, 0) is 31.0 Å². The van der Waals surface area contributed by atoms with Gasteiger partial charge in [0.05, 0.1) is 11.7 Å². The maximum Gasteiger partial charge on any atom is 0.179 e. The normalized spacial score (nSPS) is 12.1. The number of nitrogens with zero attached hydrogens (tertiary/aromatic N) is 1. The predicted molar refractivity (Wildman–Crippen MR) is 80.7 cm³/mol. The molecule has 0 radical (unpaired) electrons. The summed E-state index contributed by atoms with van der Waals surface area (Å²) in [6, 6.07) is 13.4. The van der Waals surface area contributed by atoms with Gasteiger partial charge in [-0.15, -0.1) is 0 Å². The molecule has 0 amide bonds. The molecule has 1 unspecified atom stereocenters. The van der Waals surface area contributed by atoms with Gasteiger partial charge in [-0.2, -0.15) is 0 Å². The van der Waals surface area contributed by atoms with Crippen LogP contribution in [0, 0.1) is 0 Å². The Balaban J connectivity index is 1.94. The maximum atomic E-state index is 12.3. The van der Waals surface area contributed by atoms with Gasteiger partial charge in [-0.1, -0.05) is 37.3 Å². The van der Waals surface area contributed by atoms with Crippen molar-refractivity contribution < 1.29 is 4.79 Å². The molecule has 0 saturated heterocycles. The van der Waals surface area contributed by atoms with Crippen LogP contribution < -0.4 is 5.32 Å². The van der Waals surface area contributed by atoms with Crippen LogP contribution in [0.1, 0.15) is 35.5 Å². The van der Waals surface area contributed by atoms with Gasteiger partial charge in [0.25, 0.3) is 0 Å². The summed E-state index contributed by atoms with van der Waals surface area (Å²) in [5.41, 5.74) is 2.94. The Hall–Kier alpha value is -2.00. The lowest BCUT2D eigenvalue weighted by Crippen LogP contribution is -2.33. The fourth-order valence-electron chi connectivity index (χ4n) is 2.01. The van der Waals surface area contributed by atoms with Crippen LogP contribution in [0.15, 0.2) is 48.7 Å². The summed E-state index contributed by atoms with van der Waals surface area (Å²) in [5, 5.41) is 3.21. The number of benzene rings is 1. The zero-order chi connectivity index (χ0) is 14.4. The third-order valence-corrected chi connectivity index (χ3v) is 3.36. The molecule has 3 nitrogen and oxygen atoms in total. The van der Waals surface area contributed by atoms with Crippen LogP contribution in [0.5, 0.6) is 0 Å². The Morgan fingerprint density at radius 3 is 2.55 bits per heavy atom. The minimum absolute atomic E-state index is 0.114. The molecule has 2 aromatic rings. The van der Waals surface area contributed by atoms with Crippen molar-refractivity contribution in [3.05, 3.63) is 65.5 Å². The van der Waals surface area contributed by atoms with Gasteiger partial charge < -0.3 is 5.32 Å². The number of ketones is 1. The summed E-state index contributed by atoms with van der Waals surface area (Å²) in [5.74, 6) is 0.114. The van der Waals surface area contributed by atoms with E-state index in [1.807, 2.05) is 49.4 Å². The maximum absolute atomic E-state index is 12.3. The lowest BCUT2D eigenvalue weighted by molar-refractivity contribution is 0.0950. The van der Waals surface area contributed by atoms with E-state index in [1.54, 1.807) is 6.20 Å². The van der Waals surface area contributed by atoms with Gasteiger partial charge in [-0.25, -0.2) is 0 Å². The molecule has 1 heterocycles. The number of aryl methyl sites for hydroxylation is 1. The molecule has 0 aliphatic heterocycles. The fourth-order valence-corrected chi connectivity index (χ4v) is 2.01. The first-order valence-electron chi connectivity index (χ1n) is 6.97. The molecule has 0 saturated carbocycles. The summed E-state index contributed by atoms with van der Waals surface area (Å²) >= 11 is 0. The average Bonchev–Trinajstić information content (AvgIpc) is 2.53. The molecule has 1 aromatic carbocycles. The number of aromatic nitrogens is 1. The number of Topliss-reactive ketones (excluding diaryl/α,β-unsaturated/α-hetero) is 1. The van der Waals surface area contributed by atoms with Crippen molar-refractivity contribution in [2.24, 2.45) is 0 Å². The van der Waals surface area contributed by atoms with E-state index in [1.165, 1.54) is 5.56 Å². The van der Waals surface area contributed by atoms with Crippen molar-refractivity contribution in [2.75, 3.05) is 0 Å². The predicted octanol–water partition coefficient (Wildman–Crippen LogP) is 3.01. The van der Waals surface area contributed by atoms with Crippen LogP contribution in [0.3, 0.4) is 0 Å². The van der Waals surface area contributed by atoms with Gasteiger partial charge in [0.1, 0.15) is 0 Å². The van der Waals surface area contributed by atoms with Gasteiger partial charge in [0, 0.05) is 18.3 Å². The number of carbonyl (C=O) groups excluding carboxylic acids is 1. The van der Waals surface area contributed by atoms with E-state index in [9.17, 15) is 4.79 Å². The van der Waals surface area contributed by atoms with E-state index in [0.29, 0.717) is 6.54 Å². The summed E-state index contributed by atoms with van der Waals surface area (Å²) in [6.45, 7) is 4.59. The van der Waals surface area contributed by atoms with Crippen molar-refractivity contribution in [2.45, 2.75) is 32.9 Å². The van der Waals surface area contributed by atoms with Crippen molar-refractivity contribution in [3.63, 3.8) is 0 Å². The zero-order valence-corrected chi connectivity index (χ0v) is 12.0. The summed E-state index contributed by atoms with van der Waals surface area (Å²) in [6.07, 6.45) is 2.74. The molecule has 0 aliphatic carbocycles. The second kappa shape index (κ2) is 6.96. The van der Waals surface area contributed by atoms with Gasteiger partial charge in [-0.3, -0.25) is 9.78 Å². The number of rotatable bonds is 6. The molecule has 0 spiro atoms. The fraction of sp³-hybridized carbons (Fsp3) is 0.294. The first-order valence-corrected chi connectivity index (χ1v) is 6.97. The summed E-state index contributed by atoms with van der Waals surface area (Å²) in [4.78, 5) is 16.5. The molecule has 0 aliphatic rings. The molecular weight excluding hydrogens is 248 g/mol. The monoisotopic (exact) mass is 268 g/mol. The van der Waals surface area contributed by atoms with Gasteiger partial charge >= 0.3 is 0 Å². The summed E-state index contributed by atoms with van der Waals surface area (Å²) in [7, 11) is 0. The number of hydrogen-bond donors (Lipinski definition) is 1. The van der Waals surface area contributed by atoms with Crippen molar-refractivity contribution in [1.29, 1.82) is 0 Å². The molecule has 0 fully saturated rings. The van der Waals surface area contributed by atoms with Crippen LogP contribution in [0.2, 0.25) is 0 Å². The molecule has 2 rings (SSSR count). The minimum Gasteiger partial charge on any atom is -0.302 e. The third-order valence-electron chi connectivity index (χ3n) is 3.36. The second-order valence-electron chi connectivity index (χ2n) is 4.84. The van der Waals surface area contributed by atoms with Crippen LogP contribution in [-0.2, 0) is 13.0 Å². The Morgan fingerprint density at radius 2 is 1.95 bits per heavy atom. The summed E-state index contributed by atoms with van der Waals surface area (Å²) < 4.78 is 0. The standard InChI is InChI=1S/C17H20N2O/c1-3-14-7-9-15(10-8-14)17(20)13(2)19-12-16-6-4-5-11-18-16/h4-11,13,19H,3,12H2,1-2H3. The molecule has 1 atom stereocenters. The number of carbonyl (C=O) groups is 1. The minimum atomic E-state index is -0.218. The van der Waals surface area contributed by atoms with E-state index in [0.717, 1.165) is 17.7 Å². The van der Waals surface area contributed by atoms with E-state index >= 15 is 0 Å². The first kappa shape index (κ1) is 14.4. The van der Waals surface area contributed by atoms with Crippen LogP contribution in [-0.4, -0.2) is 16.8 Å². The quantitative estimate of drug-likeness (QED) is 0.819. The van der Waals surface area contributed by atoms with E-state index in [2.05, 4.69) is 17.2 Å². The smallest absolute Gasteiger partial charge is 0.179 e. The average molecular weight is 268 g/mol. The number of pyridine rings is 1. The Kier molecular flexibility index (Phi) is 5.02. The van der Waals surface area contributed by atoms with E-state index in [-0.39, 0.29) is 11.8 Å². The third kappa shape index (κ3) is 3.75. The molecule has 1 aromatic heterocycles. The highest BCUT2D eigenvalue weighted by atomic mass is 16.1. The lowest BCUT2D eigenvalue weighted by atomic mass is 10.0. The van der Waals surface area contributed by atoms with Gasteiger partial charge in [0.2, 0.25) is 0 Å². The van der Waals surface area contributed by atoms with Crippen LogP contribution in [0.4, 0.5) is 0 Å². The second-order valence-corrected chi connectivity index (χ2v) is 4.84. The highest BCUT2D eigenvalue weighted by molar-refractivity contribution is 5.99. The van der Waals surface area contributed by atoms with Crippen molar-refractivity contribution >= 4 is 5.78 Å². The van der Waals surface area contributed by atoms with Crippen molar-refractivity contribution in [3.8, 4) is 0 Å². The Morgan fingerprint density at radius 1 is 1.20 bits per heavy atom. The zero-order valence-electron chi connectivity index (χ0n) is 12.0. The SMILES string of the molecule is CCc1ccc(C(=O)C(C)NCc2ccccn2)cc1. The highest BCUT2D eigenvalue weighted by Gasteiger charge is 2.14. The van der Waals surface area contributed by atoms with Crippen LogP contribution >= 0.6 is 0 Å². The molecule has 20 heavy (non-hydrogen) atoms. The largest absolute Gasteiger partial charge is 0.302 e. The molecule has 0 bridgehead atoms. The Bertz CT molecular complexity index is 549. The van der Waals surface area contributed by atoms with Gasteiger partial charge in [0.15, 0.2) is 5.78 Å². The lowest BCUT2D eigenvalue weighted by Gasteiger charge is -2.12. The molecular formula is C17H20N2O. The van der Waals surface area contributed by atoms with Crippen molar-refractivity contribution in [1.82, 2.24) is 10.3 Å². The van der Waals surface area contributed by atoms with E-state index in [4.69, 9.17) is 0 Å². The molecule has 104 valence electrons. The highest BCUT2D eigenvalue weighted by Crippen LogP contribution is 2.08. The van der Waals surface area contributed by atoms with Crippen LogP contribution in [0.25, 0.3) is 0 Å². The number of hydrogen-bond acceptors (Lipinski definition) is 3. The Labute approximate surface area is 120 Å². The topological polar surface area (TPSA) is 42.0 Å². The molecule has 3 heteroatoms.